The van der Waals surface area contributed by atoms with Crippen LogP contribution in [0.4, 0.5) is 0 Å². The van der Waals surface area contributed by atoms with Crippen LogP contribution < -0.4 is 10.6 Å². The number of nitrogens with zero attached hydrogens (tertiary/aromatic N) is 1. The number of likely N-dealkylation sites (N-methyl/N-ethyl adjacent to an activating group) is 1. The fourth-order valence-electron chi connectivity index (χ4n) is 4.67. The van der Waals surface area contributed by atoms with Gasteiger partial charge in [-0.25, -0.2) is 0 Å². The van der Waals surface area contributed by atoms with Crippen LogP contribution in [0.2, 0.25) is 0 Å². The minimum Gasteiger partial charge on any atom is -0.359 e. The number of amides is 1. The SMILES string of the molecule is CNC(=O)CCC(C=O)N(C)Cc1c(C=O)cccc1SCc1ccc(CCNC2CCCC2)cc1. The number of carbonyl (C=O) groups is 3. The van der Waals surface area contributed by atoms with Crippen molar-refractivity contribution in [3.8, 4) is 0 Å². The fourth-order valence-corrected chi connectivity index (χ4v) is 5.72. The van der Waals surface area contributed by atoms with Crippen molar-refractivity contribution in [2.24, 2.45) is 0 Å². The fraction of sp³-hybridized carbons (Fsp3) is 0.483. The smallest absolute Gasteiger partial charge is 0.219 e. The van der Waals surface area contributed by atoms with Crippen LogP contribution >= 0.6 is 11.8 Å². The third-order valence-corrected chi connectivity index (χ3v) is 8.16. The molecule has 2 aromatic carbocycles. The molecular weight excluding hydrogens is 470 g/mol. The van der Waals surface area contributed by atoms with Crippen molar-refractivity contribution in [3.05, 3.63) is 64.7 Å². The average Bonchev–Trinajstić information content (AvgIpc) is 3.42. The molecule has 1 saturated carbocycles. The lowest BCUT2D eigenvalue weighted by Crippen LogP contribution is -2.34. The first-order valence-corrected chi connectivity index (χ1v) is 13.9. The highest BCUT2D eigenvalue weighted by Gasteiger charge is 2.19. The molecule has 1 amide bonds. The molecule has 1 aliphatic carbocycles. The molecule has 2 N–H and O–H groups in total. The van der Waals surface area contributed by atoms with Crippen LogP contribution in [0.1, 0.15) is 65.6 Å². The number of hydrogen-bond acceptors (Lipinski definition) is 6. The monoisotopic (exact) mass is 509 g/mol. The molecule has 0 saturated heterocycles. The highest BCUT2D eigenvalue weighted by atomic mass is 32.2. The van der Waals surface area contributed by atoms with E-state index in [-0.39, 0.29) is 12.3 Å². The summed E-state index contributed by atoms with van der Waals surface area (Å²) in [5.74, 6) is 0.712. The Kier molecular flexibility index (Phi) is 11.7. The van der Waals surface area contributed by atoms with Crippen molar-refractivity contribution in [3.63, 3.8) is 0 Å². The maximum atomic E-state index is 11.8. The zero-order valence-electron chi connectivity index (χ0n) is 21.5. The molecule has 0 aliphatic heterocycles. The third-order valence-electron chi connectivity index (χ3n) is 6.99. The molecule has 0 heterocycles. The number of carbonyl (C=O) groups excluding carboxylic acids is 3. The Morgan fingerprint density at radius 3 is 2.50 bits per heavy atom. The van der Waals surface area contributed by atoms with Gasteiger partial charge in [0.25, 0.3) is 0 Å². The average molecular weight is 510 g/mol. The number of benzene rings is 2. The van der Waals surface area contributed by atoms with E-state index in [4.69, 9.17) is 0 Å². The molecule has 1 fully saturated rings. The van der Waals surface area contributed by atoms with Crippen LogP contribution in [0.15, 0.2) is 47.4 Å². The Morgan fingerprint density at radius 1 is 1.11 bits per heavy atom. The number of rotatable bonds is 15. The first kappa shape index (κ1) is 28.1. The van der Waals surface area contributed by atoms with Gasteiger partial charge in [0.2, 0.25) is 5.91 Å². The number of nitrogens with one attached hydrogen (secondary N) is 2. The predicted octanol–water partition coefficient (Wildman–Crippen LogP) is 4.39. The number of thioether (sulfide) groups is 1. The second kappa shape index (κ2) is 14.9. The predicted molar refractivity (Wildman–Crippen MR) is 146 cm³/mol. The summed E-state index contributed by atoms with van der Waals surface area (Å²) in [6.45, 7) is 1.49. The summed E-state index contributed by atoms with van der Waals surface area (Å²) < 4.78 is 0. The van der Waals surface area contributed by atoms with Gasteiger partial charge in [0.15, 0.2) is 0 Å². The zero-order chi connectivity index (χ0) is 25.8. The molecular formula is C29H39N3O3S. The Labute approximate surface area is 219 Å². The van der Waals surface area contributed by atoms with Crippen LogP contribution in [0, 0.1) is 0 Å². The second-order valence-electron chi connectivity index (χ2n) is 9.56. The molecule has 36 heavy (non-hydrogen) atoms. The van der Waals surface area contributed by atoms with E-state index in [1.165, 1.54) is 36.8 Å². The topological polar surface area (TPSA) is 78.5 Å². The lowest BCUT2D eigenvalue weighted by atomic mass is 10.1. The summed E-state index contributed by atoms with van der Waals surface area (Å²) in [5.41, 5.74) is 4.13. The van der Waals surface area contributed by atoms with Crippen molar-refractivity contribution in [2.45, 2.75) is 74.2 Å². The maximum absolute atomic E-state index is 11.8. The lowest BCUT2D eigenvalue weighted by molar-refractivity contribution is -0.121. The molecule has 0 bridgehead atoms. The number of aldehydes is 2. The van der Waals surface area contributed by atoms with Gasteiger partial charge in [-0.2, -0.15) is 0 Å². The third kappa shape index (κ3) is 8.57. The molecule has 1 aliphatic rings. The minimum absolute atomic E-state index is 0.0871. The van der Waals surface area contributed by atoms with E-state index in [1.54, 1.807) is 18.8 Å². The Morgan fingerprint density at radius 2 is 1.83 bits per heavy atom. The molecule has 1 atom stereocenters. The summed E-state index contributed by atoms with van der Waals surface area (Å²) in [6.07, 6.45) is 8.85. The van der Waals surface area contributed by atoms with Gasteiger partial charge in [-0.3, -0.25) is 14.5 Å². The molecule has 0 radical (unpaired) electrons. The second-order valence-corrected chi connectivity index (χ2v) is 10.6. The van der Waals surface area contributed by atoms with Gasteiger partial charge in [0.1, 0.15) is 12.6 Å². The van der Waals surface area contributed by atoms with Gasteiger partial charge in [-0.05, 0) is 62.0 Å². The molecule has 0 aromatic heterocycles. The summed E-state index contributed by atoms with van der Waals surface area (Å²) in [6, 6.07) is 14.9. The zero-order valence-corrected chi connectivity index (χ0v) is 22.3. The molecule has 6 nitrogen and oxygen atoms in total. The van der Waals surface area contributed by atoms with E-state index < -0.39 is 6.04 Å². The Bertz CT molecular complexity index is 990. The van der Waals surface area contributed by atoms with E-state index >= 15 is 0 Å². The van der Waals surface area contributed by atoms with Gasteiger partial charge >= 0.3 is 0 Å². The quantitative estimate of drug-likeness (QED) is 0.274. The summed E-state index contributed by atoms with van der Waals surface area (Å²) in [5, 5.41) is 6.27. The van der Waals surface area contributed by atoms with Gasteiger partial charge in [0, 0.05) is 42.3 Å². The van der Waals surface area contributed by atoms with E-state index in [0.29, 0.717) is 24.6 Å². The van der Waals surface area contributed by atoms with Gasteiger partial charge in [-0.1, -0.05) is 49.2 Å². The highest BCUT2D eigenvalue weighted by molar-refractivity contribution is 7.98. The van der Waals surface area contributed by atoms with E-state index in [0.717, 1.165) is 41.7 Å². The van der Waals surface area contributed by atoms with Crippen molar-refractivity contribution in [1.82, 2.24) is 15.5 Å². The molecule has 0 spiro atoms. The Hall–Kier alpha value is -2.48. The molecule has 2 aromatic rings. The molecule has 1 unspecified atom stereocenters. The van der Waals surface area contributed by atoms with Gasteiger partial charge < -0.3 is 15.4 Å². The van der Waals surface area contributed by atoms with Crippen molar-refractivity contribution < 1.29 is 14.4 Å². The Balaban J connectivity index is 1.58. The van der Waals surface area contributed by atoms with E-state index in [1.807, 2.05) is 30.1 Å². The largest absolute Gasteiger partial charge is 0.359 e. The summed E-state index contributed by atoms with van der Waals surface area (Å²) in [7, 11) is 3.45. The molecule has 3 rings (SSSR count). The van der Waals surface area contributed by atoms with Crippen molar-refractivity contribution in [1.29, 1.82) is 0 Å². The summed E-state index contributed by atoms with van der Waals surface area (Å²) in [4.78, 5) is 38.0. The highest BCUT2D eigenvalue weighted by Crippen LogP contribution is 2.30. The standard InChI is InChI=1S/C29H39N3O3S/c1-30-29(35)15-14-26(20-34)32(2)18-27-24(19-33)6-5-9-28(27)36-21-23-12-10-22(11-13-23)16-17-31-25-7-3-4-8-25/h5-6,9-13,19-20,25-26,31H,3-4,7-8,14-18,21H2,1-2H3,(H,30,35). The van der Waals surface area contributed by atoms with Crippen LogP contribution in [-0.4, -0.2) is 56.1 Å². The lowest BCUT2D eigenvalue weighted by Gasteiger charge is -2.25. The molecule has 194 valence electrons. The van der Waals surface area contributed by atoms with E-state index in [2.05, 4.69) is 34.9 Å². The molecule has 7 heteroatoms. The van der Waals surface area contributed by atoms with Crippen LogP contribution in [0.25, 0.3) is 0 Å². The summed E-state index contributed by atoms with van der Waals surface area (Å²) >= 11 is 1.70. The minimum atomic E-state index is -0.393. The first-order valence-electron chi connectivity index (χ1n) is 12.9. The maximum Gasteiger partial charge on any atom is 0.219 e. The van der Waals surface area contributed by atoms with Crippen LogP contribution in [0.3, 0.4) is 0 Å². The number of hydrogen-bond donors (Lipinski definition) is 2. The van der Waals surface area contributed by atoms with Crippen LogP contribution in [-0.2, 0) is 28.3 Å². The first-order chi connectivity index (χ1) is 17.5. The van der Waals surface area contributed by atoms with Gasteiger partial charge in [0.05, 0.1) is 6.04 Å². The van der Waals surface area contributed by atoms with Crippen molar-refractivity contribution >= 4 is 30.2 Å². The van der Waals surface area contributed by atoms with Crippen LogP contribution in [0.5, 0.6) is 0 Å². The normalized spacial score (nSPS) is 14.6. The van der Waals surface area contributed by atoms with Gasteiger partial charge in [-0.15, -0.1) is 11.8 Å². The van der Waals surface area contributed by atoms with E-state index in [9.17, 15) is 14.4 Å². The van der Waals surface area contributed by atoms with Crippen molar-refractivity contribution in [2.75, 3.05) is 20.6 Å².